The van der Waals surface area contributed by atoms with Crippen LogP contribution in [0.3, 0.4) is 0 Å². The van der Waals surface area contributed by atoms with E-state index in [4.69, 9.17) is 0 Å². The number of thiophene rings is 1. The van der Waals surface area contributed by atoms with Crippen molar-refractivity contribution < 1.29 is 0 Å². The summed E-state index contributed by atoms with van der Waals surface area (Å²) in [5.74, 6) is 0. The minimum Gasteiger partial charge on any atom is -0.310 e. The van der Waals surface area contributed by atoms with Gasteiger partial charge in [0.2, 0.25) is 0 Å². The maximum Gasteiger partial charge on any atom is 0.0661 e. The van der Waals surface area contributed by atoms with Gasteiger partial charge < -0.3 is 14.7 Å². The molecular weight excluding hydrogens is 699 g/mol. The number of fused-ring (bicyclic) bond motifs is 4. The summed E-state index contributed by atoms with van der Waals surface area (Å²) >= 11 is 1.87. The molecule has 9 aromatic carbocycles. The minimum atomic E-state index is 1.09. The van der Waals surface area contributed by atoms with Crippen molar-refractivity contribution in [1.82, 2.24) is 0 Å². The van der Waals surface area contributed by atoms with Crippen LogP contribution in [0.15, 0.2) is 224 Å². The highest BCUT2D eigenvalue weighted by Crippen LogP contribution is 2.50. The molecular formula is C52H37N3S. The second kappa shape index (κ2) is 14.6. The predicted molar refractivity (Wildman–Crippen MR) is 241 cm³/mol. The molecule has 1 heterocycles. The van der Waals surface area contributed by atoms with E-state index in [1.807, 2.05) is 11.3 Å². The van der Waals surface area contributed by atoms with Crippen molar-refractivity contribution in [2.24, 2.45) is 0 Å². The third-order valence-electron chi connectivity index (χ3n) is 10.3. The lowest BCUT2D eigenvalue weighted by molar-refractivity contribution is 1.26. The van der Waals surface area contributed by atoms with Gasteiger partial charge in [-0.05, 0) is 109 Å². The highest BCUT2D eigenvalue weighted by Gasteiger charge is 2.23. The summed E-state index contributed by atoms with van der Waals surface area (Å²) in [6, 6.07) is 80.4. The molecule has 4 heteroatoms. The summed E-state index contributed by atoms with van der Waals surface area (Å²) in [4.78, 5) is 7.15. The van der Waals surface area contributed by atoms with Crippen LogP contribution < -0.4 is 14.7 Å². The molecule has 0 saturated heterocycles. The standard InChI is InChI=1S/C52H37N3S/c1-7-21-39(22-8-1)53(40-23-9-2-10-24-40)45-35-48-47-34-38-20-19-33-49(54(41-25-11-3-12-26-41)42-27-13-4-14-28-42)46(38)37-51(47)56-52(48)50(36-45)55(43-29-15-5-16-30-43)44-31-17-6-18-32-44/h1-37H. The molecule has 3 nitrogen and oxygen atoms in total. The van der Waals surface area contributed by atoms with Gasteiger partial charge in [0.1, 0.15) is 0 Å². The minimum absolute atomic E-state index is 1.09. The Bertz CT molecular complexity index is 2780. The summed E-state index contributed by atoms with van der Waals surface area (Å²) in [5.41, 5.74) is 10.0. The Kier molecular flexibility index (Phi) is 8.71. The lowest BCUT2D eigenvalue weighted by Gasteiger charge is -2.30. The maximum absolute atomic E-state index is 2.41. The quantitative estimate of drug-likeness (QED) is 0.146. The fourth-order valence-corrected chi connectivity index (χ4v) is 9.06. The van der Waals surface area contributed by atoms with Gasteiger partial charge in [-0.3, -0.25) is 0 Å². The molecule has 0 unspecified atom stereocenters. The van der Waals surface area contributed by atoms with Crippen LogP contribution in [0.2, 0.25) is 0 Å². The van der Waals surface area contributed by atoms with Gasteiger partial charge in [-0.15, -0.1) is 11.3 Å². The summed E-state index contributed by atoms with van der Waals surface area (Å²) in [6.07, 6.45) is 0. The monoisotopic (exact) mass is 735 g/mol. The van der Waals surface area contributed by atoms with E-state index < -0.39 is 0 Å². The number of rotatable bonds is 9. The second-order valence-corrected chi connectivity index (χ2v) is 14.9. The van der Waals surface area contributed by atoms with Crippen molar-refractivity contribution in [2.75, 3.05) is 14.7 Å². The first-order chi connectivity index (χ1) is 27.8. The number of benzene rings is 9. The maximum atomic E-state index is 2.41. The zero-order chi connectivity index (χ0) is 37.3. The average Bonchev–Trinajstić information content (AvgIpc) is 3.63. The number of anilines is 9. The van der Waals surface area contributed by atoms with Crippen LogP contribution in [0.5, 0.6) is 0 Å². The highest BCUT2D eigenvalue weighted by atomic mass is 32.1. The first kappa shape index (κ1) is 33.4. The summed E-state index contributed by atoms with van der Waals surface area (Å²) in [5, 5.41) is 4.87. The van der Waals surface area contributed by atoms with Crippen LogP contribution in [0, 0.1) is 0 Å². The van der Waals surface area contributed by atoms with E-state index in [1.165, 1.54) is 30.9 Å². The van der Waals surface area contributed by atoms with Gasteiger partial charge in [-0.25, -0.2) is 0 Å². The summed E-state index contributed by atoms with van der Waals surface area (Å²) in [6.45, 7) is 0. The lowest BCUT2D eigenvalue weighted by Crippen LogP contribution is -2.13. The van der Waals surface area contributed by atoms with Crippen molar-refractivity contribution in [3.63, 3.8) is 0 Å². The van der Waals surface area contributed by atoms with Crippen LogP contribution in [0.25, 0.3) is 30.9 Å². The molecule has 56 heavy (non-hydrogen) atoms. The lowest BCUT2D eigenvalue weighted by atomic mass is 10.0. The molecule has 10 rings (SSSR count). The largest absolute Gasteiger partial charge is 0.310 e. The van der Waals surface area contributed by atoms with Gasteiger partial charge in [0.25, 0.3) is 0 Å². The highest BCUT2D eigenvalue weighted by molar-refractivity contribution is 7.26. The van der Waals surface area contributed by atoms with E-state index in [-0.39, 0.29) is 0 Å². The molecule has 0 amide bonds. The fourth-order valence-electron chi connectivity index (χ4n) is 7.85. The van der Waals surface area contributed by atoms with E-state index in [0.717, 1.165) is 51.2 Å². The van der Waals surface area contributed by atoms with Crippen LogP contribution in [-0.4, -0.2) is 0 Å². The fraction of sp³-hybridized carbons (Fsp3) is 0. The first-order valence-corrected chi connectivity index (χ1v) is 19.8. The van der Waals surface area contributed by atoms with Crippen molar-refractivity contribution in [3.05, 3.63) is 224 Å². The molecule has 0 bridgehead atoms. The van der Waals surface area contributed by atoms with E-state index in [9.17, 15) is 0 Å². The molecule has 0 aliphatic carbocycles. The summed E-state index contributed by atoms with van der Waals surface area (Å²) in [7, 11) is 0. The second-order valence-electron chi connectivity index (χ2n) is 13.8. The van der Waals surface area contributed by atoms with Crippen molar-refractivity contribution in [3.8, 4) is 0 Å². The smallest absolute Gasteiger partial charge is 0.0661 e. The molecule has 0 fully saturated rings. The molecule has 0 atom stereocenters. The van der Waals surface area contributed by atoms with Crippen LogP contribution in [-0.2, 0) is 0 Å². The molecule has 0 saturated carbocycles. The van der Waals surface area contributed by atoms with Gasteiger partial charge in [0.05, 0.1) is 16.1 Å². The number of hydrogen-bond donors (Lipinski definition) is 0. The van der Waals surface area contributed by atoms with Gasteiger partial charge >= 0.3 is 0 Å². The van der Waals surface area contributed by atoms with Gasteiger partial charge in [-0.2, -0.15) is 0 Å². The normalized spacial score (nSPS) is 11.2. The zero-order valence-corrected chi connectivity index (χ0v) is 31.4. The molecule has 0 aliphatic heterocycles. The SMILES string of the molecule is c1ccc(N(c2ccccc2)c2cc(N(c3ccccc3)c3ccccc3)c3sc4cc5c(N(c6ccccc6)c6ccccc6)cccc5cc4c3c2)cc1. The van der Waals surface area contributed by atoms with E-state index in [2.05, 4.69) is 239 Å². The molecule has 1 aromatic heterocycles. The third kappa shape index (κ3) is 6.12. The van der Waals surface area contributed by atoms with Gasteiger partial charge in [-0.1, -0.05) is 121 Å². The van der Waals surface area contributed by atoms with Crippen LogP contribution >= 0.6 is 11.3 Å². The van der Waals surface area contributed by atoms with E-state index in [1.54, 1.807) is 0 Å². The van der Waals surface area contributed by atoms with E-state index >= 15 is 0 Å². The first-order valence-electron chi connectivity index (χ1n) is 18.9. The van der Waals surface area contributed by atoms with Crippen LogP contribution in [0.4, 0.5) is 51.2 Å². The molecule has 10 aromatic rings. The van der Waals surface area contributed by atoms with E-state index in [0.29, 0.717) is 0 Å². The third-order valence-corrected chi connectivity index (χ3v) is 11.5. The Morgan fingerprint density at radius 1 is 0.268 bits per heavy atom. The predicted octanol–water partition coefficient (Wildman–Crippen LogP) is 15.6. The molecule has 0 spiro atoms. The Labute approximate surface area is 331 Å². The molecule has 266 valence electrons. The van der Waals surface area contributed by atoms with Gasteiger partial charge in [0, 0.05) is 60.7 Å². The number of para-hydroxylation sites is 6. The number of hydrogen-bond acceptors (Lipinski definition) is 4. The van der Waals surface area contributed by atoms with Crippen molar-refractivity contribution in [2.45, 2.75) is 0 Å². The Morgan fingerprint density at radius 2 is 0.679 bits per heavy atom. The topological polar surface area (TPSA) is 9.72 Å². The Hall–Kier alpha value is -7.14. The zero-order valence-electron chi connectivity index (χ0n) is 30.6. The average molecular weight is 736 g/mol. The number of nitrogens with zero attached hydrogens (tertiary/aromatic N) is 3. The van der Waals surface area contributed by atoms with Crippen LogP contribution in [0.1, 0.15) is 0 Å². The van der Waals surface area contributed by atoms with Crippen molar-refractivity contribution in [1.29, 1.82) is 0 Å². The Balaban J connectivity index is 1.27. The van der Waals surface area contributed by atoms with Crippen molar-refractivity contribution >= 4 is 93.5 Å². The molecule has 0 aliphatic rings. The molecule has 0 N–H and O–H groups in total. The molecule has 0 radical (unpaired) electrons. The Morgan fingerprint density at radius 3 is 1.12 bits per heavy atom. The van der Waals surface area contributed by atoms with Gasteiger partial charge in [0.15, 0.2) is 0 Å². The summed E-state index contributed by atoms with van der Waals surface area (Å²) < 4.78 is 2.48.